The molecule has 14 nitrogen and oxygen atoms in total. The lowest BCUT2D eigenvalue weighted by molar-refractivity contribution is 0.00578. The van der Waals surface area contributed by atoms with E-state index in [1.54, 1.807) is 0 Å². The number of aromatic amines is 4. The fourth-order valence-electron chi connectivity index (χ4n) is 8.57. The number of nitrogens with one attached hydrogen (secondary N) is 4. The third kappa shape index (κ3) is 8.06. The summed E-state index contributed by atoms with van der Waals surface area (Å²) in [5.74, 6) is 1.47. The maximum absolute atomic E-state index is 12.1. The van der Waals surface area contributed by atoms with Gasteiger partial charge in [0.25, 0.3) is 0 Å². The van der Waals surface area contributed by atoms with Gasteiger partial charge >= 0.3 is 18.5 Å². The lowest BCUT2D eigenvalue weighted by atomic mass is 9.76. The van der Waals surface area contributed by atoms with Crippen molar-refractivity contribution in [3.8, 4) is 33.4 Å². The van der Waals surface area contributed by atoms with Gasteiger partial charge in [-0.1, -0.05) is 64.9 Å². The van der Waals surface area contributed by atoms with E-state index in [-0.39, 0.29) is 11.4 Å². The molecule has 0 radical (unpaired) electrons. The van der Waals surface area contributed by atoms with Gasteiger partial charge in [-0.25, -0.2) is 9.59 Å². The predicted molar refractivity (Wildman–Crippen MR) is 268 cm³/mol. The van der Waals surface area contributed by atoms with Crippen LogP contribution in [0.2, 0.25) is 0 Å². The van der Waals surface area contributed by atoms with Crippen molar-refractivity contribution < 1.29 is 18.4 Å². The normalized spacial score (nSPS) is 14.2. The SMILES string of the molecule is Cc1ncc2ccccc2c1I.Cc1noc(C)c1-c1cc(-c2c(C)ncc3ccccc23)c2[nH]c(=O)[nH]c2c1.Cc1noc(C)c1-c1cc(B2OC(C)(C)C(C)(C)O2)c2[nH]c(=O)[nH]c2c1. The Morgan fingerprint density at radius 1 is 0.561 bits per heavy atom. The van der Waals surface area contributed by atoms with E-state index in [4.69, 9.17) is 18.4 Å². The zero-order valence-electron chi connectivity index (χ0n) is 38.3. The molecule has 11 rings (SSSR count). The van der Waals surface area contributed by atoms with E-state index in [2.05, 4.69) is 93.1 Å². The van der Waals surface area contributed by atoms with Crippen LogP contribution in [0.3, 0.4) is 0 Å². The number of imidazole rings is 2. The van der Waals surface area contributed by atoms with Gasteiger partial charge in [-0.05, 0) is 132 Å². The number of aryl methyl sites for hydroxylation is 6. The molecular weight excluding hydrogens is 946 g/mol. The van der Waals surface area contributed by atoms with Crippen molar-refractivity contribution in [2.75, 3.05) is 0 Å². The quantitative estimate of drug-likeness (QED) is 0.0974. The molecule has 0 bridgehead atoms. The summed E-state index contributed by atoms with van der Waals surface area (Å²) in [4.78, 5) is 44.4. The minimum atomic E-state index is -0.589. The average Bonchev–Trinajstić information content (AvgIpc) is 4.08. The summed E-state index contributed by atoms with van der Waals surface area (Å²) in [6.45, 7) is 19.6. The zero-order valence-corrected chi connectivity index (χ0v) is 40.4. The topological polar surface area (TPSA) is 194 Å². The molecule has 334 valence electrons. The minimum absolute atomic E-state index is 0.238. The number of hydrogen-bond donors (Lipinski definition) is 4. The first-order valence-electron chi connectivity index (χ1n) is 21.5. The molecule has 4 N–H and O–H groups in total. The smallest absolute Gasteiger partial charge is 0.399 e. The summed E-state index contributed by atoms with van der Waals surface area (Å²) >= 11 is 2.34. The first-order chi connectivity index (χ1) is 31.4. The molecule has 0 spiro atoms. The van der Waals surface area contributed by atoms with Gasteiger partial charge in [0.15, 0.2) is 0 Å². The number of fused-ring (bicyclic) bond motifs is 4. The number of pyridine rings is 2. The molecular formula is C50H48BIN8O6. The summed E-state index contributed by atoms with van der Waals surface area (Å²) in [5, 5.41) is 12.8. The molecule has 0 amide bonds. The van der Waals surface area contributed by atoms with Gasteiger partial charge in [-0.3, -0.25) is 9.97 Å². The highest BCUT2D eigenvalue weighted by molar-refractivity contribution is 14.1. The molecule has 0 aliphatic carbocycles. The zero-order chi connectivity index (χ0) is 46.8. The van der Waals surface area contributed by atoms with E-state index < -0.39 is 18.3 Å². The van der Waals surface area contributed by atoms with E-state index >= 15 is 0 Å². The summed E-state index contributed by atoms with van der Waals surface area (Å²) in [7, 11) is -0.589. The Morgan fingerprint density at radius 2 is 1.05 bits per heavy atom. The summed E-state index contributed by atoms with van der Waals surface area (Å²) in [6, 6.07) is 24.4. The van der Waals surface area contributed by atoms with Crippen molar-refractivity contribution in [1.29, 1.82) is 0 Å². The van der Waals surface area contributed by atoms with Gasteiger partial charge < -0.3 is 38.3 Å². The van der Waals surface area contributed by atoms with Crippen molar-refractivity contribution in [3.05, 3.63) is 144 Å². The molecule has 4 aromatic carbocycles. The number of halogens is 1. The number of hydrogen-bond acceptors (Lipinski definition) is 10. The number of nitrogens with zero attached hydrogens (tertiary/aromatic N) is 4. The maximum Gasteiger partial charge on any atom is 0.497 e. The van der Waals surface area contributed by atoms with Crippen LogP contribution < -0.4 is 16.8 Å². The summed E-state index contributed by atoms with van der Waals surface area (Å²) in [5.41, 5.74) is 11.4. The molecule has 1 aliphatic rings. The second kappa shape index (κ2) is 17.0. The van der Waals surface area contributed by atoms with Crippen molar-refractivity contribution in [1.82, 2.24) is 40.2 Å². The number of benzene rings is 4. The van der Waals surface area contributed by atoms with Crippen LogP contribution in [0.1, 0.15) is 62.0 Å². The number of H-pyrrole nitrogens is 4. The minimum Gasteiger partial charge on any atom is -0.399 e. The van der Waals surface area contributed by atoms with Gasteiger partial charge in [-0.2, -0.15) is 0 Å². The standard InChI is InChI=1S/C22H18N4O2.C18H22BN3O4.C10H8IN/c1-11-20(16-7-5-4-6-14(16)10-23-11)17-8-15(19-12(2)26-28-13(19)3)9-18-21(17)25-22(27)24-18;1-9-14(10(2)24-22-9)11-7-12(15-13(8-11)20-16(23)21-15)19-25-17(3,4)18(5,6)26-19;1-7-10(11)9-5-3-2-4-8(9)6-12-7/h4-10H,1-3H3,(H2,24,25,27);7-8H,1-6H3,(H2,20,21,23);2-6H,1H3. The molecule has 1 aliphatic heterocycles. The molecule has 1 fully saturated rings. The molecule has 1 saturated heterocycles. The van der Waals surface area contributed by atoms with Crippen LogP contribution in [0.5, 0.6) is 0 Å². The summed E-state index contributed by atoms with van der Waals surface area (Å²) < 4.78 is 24.3. The van der Waals surface area contributed by atoms with E-state index in [1.807, 2.05) is 124 Å². The Hall–Kier alpha value is -6.63. The largest absolute Gasteiger partial charge is 0.497 e. The van der Waals surface area contributed by atoms with E-state index in [9.17, 15) is 9.59 Å². The average molecular weight is 995 g/mol. The molecule has 0 saturated carbocycles. The van der Waals surface area contributed by atoms with Gasteiger partial charge in [0.05, 0.1) is 50.4 Å². The first kappa shape index (κ1) is 44.6. The van der Waals surface area contributed by atoms with Crippen molar-refractivity contribution in [2.45, 2.75) is 80.4 Å². The van der Waals surface area contributed by atoms with Crippen LogP contribution in [0.4, 0.5) is 0 Å². The van der Waals surface area contributed by atoms with E-state index in [0.717, 1.165) is 94.9 Å². The Labute approximate surface area is 393 Å². The van der Waals surface area contributed by atoms with Crippen LogP contribution in [0, 0.1) is 45.1 Å². The van der Waals surface area contributed by atoms with Crippen molar-refractivity contribution in [3.63, 3.8) is 0 Å². The second-order valence-electron chi connectivity index (χ2n) is 17.6. The highest BCUT2D eigenvalue weighted by atomic mass is 127. The number of aromatic nitrogens is 8. The second-order valence-corrected chi connectivity index (χ2v) is 18.7. The van der Waals surface area contributed by atoms with Crippen LogP contribution >= 0.6 is 22.6 Å². The molecule has 66 heavy (non-hydrogen) atoms. The lowest BCUT2D eigenvalue weighted by Crippen LogP contribution is -2.41. The first-order valence-corrected chi connectivity index (χ1v) is 22.6. The van der Waals surface area contributed by atoms with Crippen LogP contribution in [-0.4, -0.2) is 58.5 Å². The summed E-state index contributed by atoms with van der Waals surface area (Å²) in [6.07, 6.45) is 3.80. The fraction of sp³-hybridized carbons (Fsp3) is 0.240. The van der Waals surface area contributed by atoms with Gasteiger partial charge in [0, 0.05) is 60.1 Å². The molecule has 16 heteroatoms. The highest BCUT2D eigenvalue weighted by Crippen LogP contribution is 2.40. The fourth-order valence-corrected chi connectivity index (χ4v) is 9.21. The molecule has 0 atom stereocenters. The molecule has 0 unspecified atom stereocenters. The van der Waals surface area contributed by atoms with Crippen LogP contribution in [0.25, 0.3) is 77.0 Å². The lowest BCUT2D eigenvalue weighted by Gasteiger charge is -2.32. The van der Waals surface area contributed by atoms with Gasteiger partial charge in [0.2, 0.25) is 0 Å². The predicted octanol–water partition coefficient (Wildman–Crippen LogP) is 10.2. The van der Waals surface area contributed by atoms with Crippen molar-refractivity contribution >= 4 is 78.8 Å². The maximum atomic E-state index is 12.1. The highest BCUT2D eigenvalue weighted by Gasteiger charge is 2.52. The van der Waals surface area contributed by atoms with E-state index in [1.165, 1.54) is 14.3 Å². The van der Waals surface area contributed by atoms with Gasteiger partial charge in [-0.15, -0.1) is 0 Å². The molecule has 7 heterocycles. The molecule has 6 aromatic heterocycles. The Kier molecular flexibility index (Phi) is 11.5. The van der Waals surface area contributed by atoms with Crippen molar-refractivity contribution in [2.24, 2.45) is 0 Å². The monoisotopic (exact) mass is 994 g/mol. The Balaban J connectivity index is 0.000000134. The Morgan fingerprint density at radius 3 is 1.61 bits per heavy atom. The third-order valence-electron chi connectivity index (χ3n) is 12.6. The van der Waals surface area contributed by atoms with Gasteiger partial charge in [0.1, 0.15) is 11.5 Å². The molecule has 10 aromatic rings. The Bertz CT molecular complexity index is 3560. The number of rotatable bonds is 4. The third-order valence-corrected chi connectivity index (χ3v) is 14.0. The van der Waals surface area contributed by atoms with Crippen LogP contribution in [-0.2, 0) is 9.31 Å². The van der Waals surface area contributed by atoms with E-state index in [0.29, 0.717) is 11.0 Å². The van der Waals surface area contributed by atoms with Crippen LogP contribution in [0.15, 0.2) is 104 Å².